The van der Waals surface area contributed by atoms with Gasteiger partial charge in [0.2, 0.25) is 12.2 Å². The van der Waals surface area contributed by atoms with Crippen LogP contribution in [0.1, 0.15) is 31.9 Å². The molecule has 0 aliphatic carbocycles. The number of nitriles is 1. The molecule has 0 radical (unpaired) electrons. The van der Waals surface area contributed by atoms with E-state index < -0.39 is 64.9 Å². The van der Waals surface area contributed by atoms with Crippen molar-refractivity contribution in [1.29, 1.82) is 10.7 Å². The lowest BCUT2D eigenvalue weighted by molar-refractivity contribution is -0.299. The molecule has 36 heavy (non-hydrogen) atoms. The summed E-state index contributed by atoms with van der Waals surface area (Å²) in [6.07, 6.45) is -6.82. The number of benzene rings is 1. The first-order valence-corrected chi connectivity index (χ1v) is 11.5. The number of halogens is 3. The Labute approximate surface area is 221 Å². The maximum absolute atomic E-state index is 12.0. The summed E-state index contributed by atoms with van der Waals surface area (Å²) in [6, 6.07) is 8.58. The summed E-state index contributed by atoms with van der Waals surface area (Å²) in [4.78, 5) is 35.3. The van der Waals surface area contributed by atoms with Crippen molar-refractivity contribution in [2.75, 3.05) is 6.61 Å². The molecule has 1 aromatic rings. The van der Waals surface area contributed by atoms with Crippen molar-refractivity contribution in [2.24, 2.45) is 0 Å². The number of nitrogens with zero attached hydrogens (tertiary/aromatic N) is 1. The van der Waals surface area contributed by atoms with E-state index in [1.165, 1.54) is 0 Å². The van der Waals surface area contributed by atoms with Crippen LogP contribution in [0.5, 0.6) is 0 Å². The van der Waals surface area contributed by atoms with Crippen LogP contribution < -0.4 is 0 Å². The van der Waals surface area contributed by atoms with Gasteiger partial charge in [0, 0.05) is 20.8 Å². The fraction of sp³-hybridized carbons (Fsp3) is 0.500. The average Bonchev–Trinajstić information content (AvgIpc) is 2.77. The van der Waals surface area contributed by atoms with E-state index in [-0.39, 0.29) is 6.61 Å². The van der Waals surface area contributed by atoms with E-state index in [0.29, 0.717) is 11.1 Å². The molecule has 1 aliphatic rings. The van der Waals surface area contributed by atoms with Crippen molar-refractivity contribution in [3.63, 3.8) is 0 Å². The molecule has 11 nitrogen and oxygen atoms in total. The highest BCUT2D eigenvalue weighted by Gasteiger charge is 2.53. The molecular formula is C22H23Cl3N2O9. The Morgan fingerprint density at radius 3 is 2.17 bits per heavy atom. The molecule has 1 fully saturated rings. The summed E-state index contributed by atoms with van der Waals surface area (Å²) < 4.78 is 30.6. The third kappa shape index (κ3) is 8.50. The van der Waals surface area contributed by atoms with Gasteiger partial charge in [-0.05, 0) is 11.6 Å². The Balaban J connectivity index is 2.49. The van der Waals surface area contributed by atoms with Crippen molar-refractivity contribution in [2.45, 2.75) is 61.9 Å². The Morgan fingerprint density at radius 1 is 1.00 bits per heavy atom. The van der Waals surface area contributed by atoms with Gasteiger partial charge in [-0.15, -0.1) is 0 Å². The second-order valence-corrected chi connectivity index (χ2v) is 9.76. The van der Waals surface area contributed by atoms with Crippen LogP contribution in [0.15, 0.2) is 24.3 Å². The molecular weight excluding hydrogens is 543 g/mol. The van der Waals surface area contributed by atoms with Gasteiger partial charge >= 0.3 is 17.9 Å². The topological polar surface area (TPSA) is 154 Å². The van der Waals surface area contributed by atoms with Gasteiger partial charge in [-0.25, -0.2) is 0 Å². The summed E-state index contributed by atoms with van der Waals surface area (Å²) in [5.74, 6) is -3.04. The summed E-state index contributed by atoms with van der Waals surface area (Å²) >= 11 is 17.2. The van der Waals surface area contributed by atoms with Gasteiger partial charge in [-0.3, -0.25) is 19.8 Å². The smallest absolute Gasteiger partial charge is 0.303 e. The molecule has 1 saturated heterocycles. The Hall–Kier alpha value is -2.62. The minimum absolute atomic E-state index is 0.197. The van der Waals surface area contributed by atoms with E-state index in [0.717, 1.165) is 20.8 Å². The van der Waals surface area contributed by atoms with Gasteiger partial charge in [0.25, 0.3) is 3.79 Å². The number of carbonyl (C=O) groups excluding carboxylic acids is 3. The number of carbonyl (C=O) groups is 3. The zero-order valence-corrected chi connectivity index (χ0v) is 21.6. The fourth-order valence-electron chi connectivity index (χ4n) is 3.27. The first-order valence-electron chi connectivity index (χ1n) is 10.4. The SMILES string of the molecule is CC(=O)OC[C@H]1O[C@H](OC(=N)C(Cl)(Cl)Cl)[C@H](OCc2ccccc2C#N)[C@@H](OC(C)=O)[C@@H]1OC(C)=O. The van der Waals surface area contributed by atoms with Gasteiger partial charge in [0.1, 0.15) is 12.7 Å². The molecule has 1 aromatic carbocycles. The van der Waals surface area contributed by atoms with Crippen molar-refractivity contribution in [3.8, 4) is 6.07 Å². The molecule has 5 atom stereocenters. The van der Waals surface area contributed by atoms with E-state index >= 15 is 0 Å². The van der Waals surface area contributed by atoms with Crippen LogP contribution in [-0.4, -0.2) is 64.9 Å². The van der Waals surface area contributed by atoms with Gasteiger partial charge in [-0.1, -0.05) is 53.0 Å². The highest BCUT2D eigenvalue weighted by atomic mass is 35.6. The van der Waals surface area contributed by atoms with E-state index in [1.807, 2.05) is 6.07 Å². The molecule has 0 amide bonds. The zero-order valence-electron chi connectivity index (χ0n) is 19.4. The number of alkyl halides is 3. The molecule has 1 N–H and O–H groups in total. The van der Waals surface area contributed by atoms with Crippen LogP contribution in [0, 0.1) is 16.7 Å². The molecule has 1 aliphatic heterocycles. The third-order valence-electron chi connectivity index (χ3n) is 4.71. The quantitative estimate of drug-likeness (QED) is 0.163. The fourth-order valence-corrected chi connectivity index (χ4v) is 3.40. The Kier molecular flexibility index (Phi) is 10.8. The lowest BCUT2D eigenvalue weighted by Gasteiger charge is -2.44. The first-order chi connectivity index (χ1) is 16.8. The second-order valence-electron chi connectivity index (χ2n) is 7.48. The summed E-state index contributed by atoms with van der Waals surface area (Å²) in [5, 5.41) is 17.3. The van der Waals surface area contributed by atoms with Crippen LogP contribution in [0.3, 0.4) is 0 Å². The van der Waals surface area contributed by atoms with Crippen molar-refractivity contribution in [3.05, 3.63) is 35.4 Å². The van der Waals surface area contributed by atoms with Gasteiger partial charge in [-0.2, -0.15) is 5.26 Å². The zero-order chi connectivity index (χ0) is 27.0. The lowest BCUT2D eigenvalue weighted by Crippen LogP contribution is -2.63. The molecule has 2 rings (SSSR count). The van der Waals surface area contributed by atoms with Gasteiger partial charge in [0.05, 0.1) is 18.2 Å². The average molecular weight is 566 g/mol. The van der Waals surface area contributed by atoms with Crippen molar-refractivity contribution < 1.29 is 42.8 Å². The molecule has 0 saturated carbocycles. The largest absolute Gasteiger partial charge is 0.463 e. The minimum atomic E-state index is -2.28. The predicted molar refractivity (Wildman–Crippen MR) is 125 cm³/mol. The molecule has 0 unspecified atom stereocenters. The Bertz CT molecular complexity index is 1020. The van der Waals surface area contributed by atoms with E-state index in [2.05, 4.69) is 0 Å². The normalized spacial score (nSPS) is 23.6. The van der Waals surface area contributed by atoms with Crippen molar-refractivity contribution >= 4 is 58.6 Å². The molecule has 0 aromatic heterocycles. The van der Waals surface area contributed by atoms with Crippen LogP contribution in [0.2, 0.25) is 0 Å². The number of esters is 3. The highest BCUT2D eigenvalue weighted by molar-refractivity contribution is 6.76. The Morgan fingerprint density at radius 2 is 1.61 bits per heavy atom. The third-order valence-corrected chi connectivity index (χ3v) is 5.22. The van der Waals surface area contributed by atoms with Crippen LogP contribution in [0.4, 0.5) is 0 Å². The summed E-state index contributed by atoms with van der Waals surface area (Å²) in [6.45, 7) is 2.75. The molecule has 0 bridgehead atoms. The molecule has 14 heteroatoms. The lowest BCUT2D eigenvalue weighted by atomic mass is 9.98. The predicted octanol–water partition coefficient (Wildman–Crippen LogP) is 2.96. The summed E-state index contributed by atoms with van der Waals surface area (Å²) in [7, 11) is 0. The van der Waals surface area contributed by atoms with E-state index in [9.17, 15) is 19.6 Å². The van der Waals surface area contributed by atoms with Gasteiger partial charge in [0.15, 0.2) is 18.3 Å². The van der Waals surface area contributed by atoms with Crippen LogP contribution >= 0.6 is 34.8 Å². The van der Waals surface area contributed by atoms with Crippen LogP contribution in [0.25, 0.3) is 0 Å². The monoisotopic (exact) mass is 564 g/mol. The van der Waals surface area contributed by atoms with Crippen molar-refractivity contribution in [1.82, 2.24) is 0 Å². The molecule has 0 spiro atoms. The maximum Gasteiger partial charge on any atom is 0.303 e. The number of rotatable bonds is 8. The van der Waals surface area contributed by atoms with E-state index in [4.69, 9.17) is 68.6 Å². The number of ether oxygens (including phenoxy) is 6. The first kappa shape index (κ1) is 29.6. The standard InChI is InChI=1S/C22H23Cl3N2O9/c1-11(28)31-10-16-17(33-12(2)29)18(34-13(3)30)19(20(35-16)36-21(27)22(23,24)25)32-9-15-7-5-4-6-14(15)8-26/h4-7,16-20,27H,9-10H2,1-3H3/t16-,17-,18+,19-,20-/m1/s1. The van der Waals surface area contributed by atoms with Gasteiger partial charge < -0.3 is 28.4 Å². The van der Waals surface area contributed by atoms with E-state index in [1.54, 1.807) is 24.3 Å². The number of hydrogen-bond donors (Lipinski definition) is 1. The number of hydrogen-bond acceptors (Lipinski definition) is 11. The summed E-state index contributed by atoms with van der Waals surface area (Å²) in [5.41, 5.74) is 0.789. The molecule has 196 valence electrons. The highest BCUT2D eigenvalue weighted by Crippen LogP contribution is 2.34. The second kappa shape index (κ2) is 13.1. The molecule has 1 heterocycles. The maximum atomic E-state index is 12.0. The number of nitrogens with one attached hydrogen (secondary N) is 1. The van der Waals surface area contributed by atoms with Crippen LogP contribution in [-0.2, 0) is 49.4 Å². The minimum Gasteiger partial charge on any atom is -0.463 e.